The largest absolute Gasteiger partial charge is 0.496 e. The van der Waals surface area contributed by atoms with Crippen LogP contribution in [0.4, 0.5) is 5.69 Å². The monoisotopic (exact) mass is 392 g/mol. The molecular formula is C13H17IN2O4. The zero-order valence-electron chi connectivity index (χ0n) is 11.2. The Morgan fingerprint density at radius 2 is 2.15 bits per heavy atom. The van der Waals surface area contributed by atoms with Gasteiger partial charge < -0.3 is 10.1 Å². The number of halogens is 1. The third kappa shape index (κ3) is 4.95. The zero-order valence-corrected chi connectivity index (χ0v) is 13.4. The first kappa shape index (κ1) is 16.7. The minimum Gasteiger partial charge on any atom is -0.496 e. The van der Waals surface area contributed by atoms with Gasteiger partial charge in [-0.2, -0.15) is 0 Å². The molecule has 1 aromatic rings. The van der Waals surface area contributed by atoms with Gasteiger partial charge in [-0.1, -0.05) is 29.0 Å². The fraction of sp³-hybridized carbons (Fsp3) is 0.462. The predicted molar refractivity (Wildman–Crippen MR) is 84.7 cm³/mol. The molecule has 0 aliphatic carbocycles. The maximum atomic E-state index is 12.0. The molecule has 0 atom stereocenters. The van der Waals surface area contributed by atoms with E-state index in [9.17, 15) is 14.9 Å². The lowest BCUT2D eigenvalue weighted by Gasteiger charge is -2.09. The Morgan fingerprint density at radius 3 is 2.75 bits per heavy atom. The Labute approximate surface area is 131 Å². The van der Waals surface area contributed by atoms with Crippen molar-refractivity contribution in [3.8, 4) is 5.75 Å². The van der Waals surface area contributed by atoms with Crippen LogP contribution in [0, 0.1) is 10.1 Å². The lowest BCUT2D eigenvalue weighted by molar-refractivity contribution is -0.384. The van der Waals surface area contributed by atoms with Crippen molar-refractivity contribution in [2.45, 2.75) is 19.3 Å². The number of nitro benzene ring substituents is 1. The van der Waals surface area contributed by atoms with E-state index >= 15 is 0 Å². The molecule has 20 heavy (non-hydrogen) atoms. The number of rotatable bonds is 8. The molecule has 1 amide bonds. The molecule has 0 spiro atoms. The zero-order chi connectivity index (χ0) is 15.0. The smallest absolute Gasteiger partial charge is 0.273 e. The summed E-state index contributed by atoms with van der Waals surface area (Å²) in [5, 5.41) is 13.5. The average Bonchev–Trinajstić information content (AvgIpc) is 2.46. The van der Waals surface area contributed by atoms with Crippen molar-refractivity contribution < 1.29 is 14.5 Å². The van der Waals surface area contributed by atoms with Gasteiger partial charge in [0.25, 0.3) is 11.6 Å². The van der Waals surface area contributed by atoms with Crippen molar-refractivity contribution in [3.63, 3.8) is 0 Å². The fourth-order valence-corrected chi connectivity index (χ4v) is 2.21. The molecule has 7 heteroatoms. The van der Waals surface area contributed by atoms with Crippen molar-refractivity contribution in [1.29, 1.82) is 0 Å². The minimum absolute atomic E-state index is 0.0968. The third-order valence-electron chi connectivity index (χ3n) is 2.74. The van der Waals surface area contributed by atoms with E-state index < -0.39 is 4.92 Å². The number of nitro groups is 1. The summed E-state index contributed by atoms with van der Waals surface area (Å²) >= 11 is 2.32. The topological polar surface area (TPSA) is 81.5 Å². The average molecular weight is 392 g/mol. The van der Waals surface area contributed by atoms with Crippen molar-refractivity contribution in [2.75, 3.05) is 18.1 Å². The second-order valence-corrected chi connectivity index (χ2v) is 5.23. The molecule has 0 aliphatic rings. The molecule has 0 unspecified atom stereocenters. The number of benzene rings is 1. The molecule has 1 N–H and O–H groups in total. The summed E-state index contributed by atoms with van der Waals surface area (Å²) in [6.07, 6.45) is 3.13. The maximum absolute atomic E-state index is 12.0. The lowest BCUT2D eigenvalue weighted by Crippen LogP contribution is -2.25. The molecule has 0 aromatic heterocycles. The van der Waals surface area contributed by atoms with Gasteiger partial charge in [0.15, 0.2) is 0 Å². The number of nitrogens with zero attached hydrogens (tertiary/aromatic N) is 1. The van der Waals surface area contributed by atoms with Gasteiger partial charge in [-0.05, 0) is 23.3 Å². The highest BCUT2D eigenvalue weighted by molar-refractivity contribution is 14.1. The Morgan fingerprint density at radius 1 is 1.40 bits per heavy atom. The van der Waals surface area contributed by atoms with Crippen molar-refractivity contribution in [1.82, 2.24) is 5.32 Å². The summed E-state index contributed by atoms with van der Waals surface area (Å²) in [6.45, 7) is 0.593. The second-order valence-electron chi connectivity index (χ2n) is 4.15. The quantitative estimate of drug-likeness (QED) is 0.243. The van der Waals surface area contributed by atoms with Crippen LogP contribution in [0.5, 0.6) is 5.75 Å². The fourth-order valence-electron chi connectivity index (χ4n) is 1.67. The van der Waals surface area contributed by atoms with Crippen molar-refractivity contribution in [3.05, 3.63) is 33.9 Å². The van der Waals surface area contributed by atoms with Gasteiger partial charge >= 0.3 is 0 Å². The molecule has 0 fully saturated rings. The van der Waals surface area contributed by atoms with E-state index in [1.54, 1.807) is 0 Å². The predicted octanol–water partition coefficient (Wildman–Crippen LogP) is 2.94. The number of carbonyl (C=O) groups excluding carboxylic acids is 1. The minimum atomic E-state index is -0.520. The molecule has 0 aliphatic heterocycles. The van der Waals surface area contributed by atoms with E-state index in [-0.39, 0.29) is 17.3 Å². The van der Waals surface area contributed by atoms with Crippen molar-refractivity contribution in [2.24, 2.45) is 0 Å². The molecule has 0 bridgehead atoms. The standard InChI is InChI=1S/C13H17IN2O4/c1-20-12-9-10(16(18)19)5-6-11(12)13(17)15-8-4-2-3-7-14/h5-6,9H,2-4,7-8H2,1H3,(H,15,17). The summed E-state index contributed by atoms with van der Waals surface area (Å²) in [5.41, 5.74) is 0.215. The number of methoxy groups -OCH3 is 1. The van der Waals surface area contributed by atoms with Crippen LogP contribution in [-0.2, 0) is 0 Å². The van der Waals surface area contributed by atoms with Crippen LogP contribution < -0.4 is 10.1 Å². The van der Waals surface area contributed by atoms with Crippen LogP contribution in [0.2, 0.25) is 0 Å². The first-order valence-electron chi connectivity index (χ1n) is 6.26. The van der Waals surface area contributed by atoms with Gasteiger partial charge in [0, 0.05) is 12.6 Å². The number of hydrogen-bond donors (Lipinski definition) is 1. The molecular weight excluding hydrogens is 375 g/mol. The maximum Gasteiger partial charge on any atom is 0.273 e. The van der Waals surface area contributed by atoms with Crippen LogP contribution in [0.15, 0.2) is 18.2 Å². The Hall–Kier alpha value is -1.38. The highest BCUT2D eigenvalue weighted by Crippen LogP contribution is 2.24. The molecule has 0 saturated carbocycles. The third-order valence-corrected chi connectivity index (χ3v) is 3.50. The van der Waals surface area contributed by atoms with Crippen LogP contribution in [-0.4, -0.2) is 28.9 Å². The van der Waals surface area contributed by atoms with Crippen LogP contribution in [0.3, 0.4) is 0 Å². The van der Waals surface area contributed by atoms with Gasteiger partial charge in [-0.25, -0.2) is 0 Å². The number of nitrogens with one attached hydrogen (secondary N) is 1. The van der Waals surface area contributed by atoms with E-state index in [1.165, 1.54) is 25.3 Å². The molecule has 0 heterocycles. The summed E-state index contributed by atoms with van der Waals surface area (Å²) in [7, 11) is 1.39. The second kappa shape index (κ2) is 8.72. The normalized spacial score (nSPS) is 10.1. The molecule has 1 rings (SSSR count). The number of non-ortho nitro benzene ring substituents is 1. The first-order valence-corrected chi connectivity index (χ1v) is 7.79. The van der Waals surface area contributed by atoms with Crippen LogP contribution in [0.1, 0.15) is 29.6 Å². The Bertz CT molecular complexity index is 479. The molecule has 6 nitrogen and oxygen atoms in total. The van der Waals surface area contributed by atoms with Crippen molar-refractivity contribution >= 4 is 34.2 Å². The van der Waals surface area contributed by atoms with E-state index in [0.717, 1.165) is 23.7 Å². The Kier molecular flexibility index (Phi) is 7.27. The summed E-state index contributed by atoms with van der Waals surface area (Å²) in [4.78, 5) is 22.1. The number of unbranched alkanes of at least 4 members (excludes halogenated alkanes) is 2. The first-order chi connectivity index (χ1) is 9.60. The van der Waals surface area contributed by atoms with Gasteiger partial charge in [0.2, 0.25) is 0 Å². The highest BCUT2D eigenvalue weighted by Gasteiger charge is 2.16. The lowest BCUT2D eigenvalue weighted by atomic mass is 10.1. The van der Waals surface area contributed by atoms with Gasteiger partial charge in [-0.15, -0.1) is 0 Å². The van der Waals surface area contributed by atoms with Crippen LogP contribution in [0.25, 0.3) is 0 Å². The summed E-state index contributed by atoms with van der Waals surface area (Å²) in [6, 6.07) is 3.97. The SMILES string of the molecule is COc1cc([N+](=O)[O-])ccc1C(=O)NCCCCCI. The molecule has 0 saturated heterocycles. The van der Waals surface area contributed by atoms with Crippen LogP contribution >= 0.6 is 22.6 Å². The number of carbonyl (C=O) groups is 1. The number of hydrogen-bond acceptors (Lipinski definition) is 4. The van der Waals surface area contributed by atoms with E-state index in [0.29, 0.717) is 12.1 Å². The molecule has 110 valence electrons. The number of amides is 1. The summed E-state index contributed by atoms with van der Waals surface area (Å²) < 4.78 is 6.15. The van der Waals surface area contributed by atoms with Gasteiger partial charge in [0.05, 0.1) is 23.7 Å². The highest BCUT2D eigenvalue weighted by atomic mass is 127. The molecule has 0 radical (unpaired) electrons. The molecule has 1 aromatic carbocycles. The summed E-state index contributed by atoms with van der Waals surface area (Å²) in [5.74, 6) is -0.0600. The van der Waals surface area contributed by atoms with E-state index in [4.69, 9.17) is 4.74 Å². The van der Waals surface area contributed by atoms with E-state index in [2.05, 4.69) is 27.9 Å². The number of ether oxygens (including phenoxy) is 1. The van der Waals surface area contributed by atoms with Gasteiger partial charge in [0.1, 0.15) is 5.75 Å². The Balaban J connectivity index is 2.65. The van der Waals surface area contributed by atoms with E-state index in [1.807, 2.05) is 0 Å². The number of alkyl halides is 1. The van der Waals surface area contributed by atoms with Gasteiger partial charge in [-0.3, -0.25) is 14.9 Å².